The van der Waals surface area contributed by atoms with Crippen LogP contribution in [0.25, 0.3) is 16.7 Å². The predicted octanol–water partition coefficient (Wildman–Crippen LogP) is 5.84. The van der Waals surface area contributed by atoms with Crippen LogP contribution in [-0.4, -0.2) is 50.3 Å². The van der Waals surface area contributed by atoms with Gasteiger partial charge in [0.15, 0.2) is 0 Å². The zero-order valence-electron chi connectivity index (χ0n) is 21.5. The molecule has 0 spiro atoms. The van der Waals surface area contributed by atoms with Crippen LogP contribution < -0.4 is 5.32 Å². The van der Waals surface area contributed by atoms with E-state index < -0.39 is 5.92 Å². The molecule has 0 unspecified atom stereocenters. The average molecular weight is 518 g/mol. The number of carbonyl (C=O) groups is 2. The minimum Gasteiger partial charge on any atom is -0.338 e. The number of amides is 2. The number of rotatable bonds is 4. The number of piperidine rings is 1. The van der Waals surface area contributed by atoms with Gasteiger partial charge < -0.3 is 10.2 Å². The normalized spacial score (nSPS) is 15.4. The minimum absolute atomic E-state index is 0.0200. The van der Waals surface area contributed by atoms with Crippen LogP contribution in [0.15, 0.2) is 67.3 Å². The number of hydrogen-bond acceptors (Lipinski definition) is 4. The summed E-state index contributed by atoms with van der Waals surface area (Å²) in [4.78, 5) is 35.9. The Balaban J connectivity index is 1.33. The molecular formula is C29H29F2N5O2. The number of nitrogens with one attached hydrogen (secondary N) is 1. The Morgan fingerprint density at radius 2 is 1.66 bits per heavy atom. The van der Waals surface area contributed by atoms with Gasteiger partial charge in [-0.2, -0.15) is 0 Å². The van der Waals surface area contributed by atoms with Crippen molar-refractivity contribution in [3.8, 4) is 5.69 Å². The van der Waals surface area contributed by atoms with E-state index in [1.165, 1.54) is 22.9 Å². The third-order valence-corrected chi connectivity index (χ3v) is 6.83. The van der Waals surface area contributed by atoms with Gasteiger partial charge in [0.1, 0.15) is 5.65 Å². The van der Waals surface area contributed by atoms with Crippen molar-refractivity contribution in [1.29, 1.82) is 0 Å². The van der Waals surface area contributed by atoms with Crippen LogP contribution in [0.2, 0.25) is 0 Å². The van der Waals surface area contributed by atoms with Gasteiger partial charge in [0.05, 0.1) is 23.0 Å². The maximum Gasteiger partial charge on any atom is 0.257 e. The first-order valence-electron chi connectivity index (χ1n) is 12.5. The van der Waals surface area contributed by atoms with Crippen molar-refractivity contribution in [2.45, 2.75) is 45.0 Å². The monoisotopic (exact) mass is 517 g/mol. The number of anilines is 1. The maximum absolute atomic E-state index is 13.5. The van der Waals surface area contributed by atoms with E-state index in [0.29, 0.717) is 33.5 Å². The number of pyridine rings is 2. The van der Waals surface area contributed by atoms with Crippen LogP contribution in [0.4, 0.5) is 14.5 Å². The van der Waals surface area contributed by atoms with Crippen LogP contribution >= 0.6 is 0 Å². The molecule has 0 bridgehead atoms. The summed E-state index contributed by atoms with van der Waals surface area (Å²) in [6, 6.07) is 13.0. The second-order valence-electron chi connectivity index (χ2n) is 10.7. The Morgan fingerprint density at radius 3 is 2.34 bits per heavy atom. The number of halogens is 2. The molecule has 1 fully saturated rings. The molecular weight excluding hydrogens is 488 g/mol. The largest absolute Gasteiger partial charge is 0.338 e. The van der Waals surface area contributed by atoms with E-state index in [-0.39, 0.29) is 43.2 Å². The summed E-state index contributed by atoms with van der Waals surface area (Å²) in [5.74, 6) is -3.31. The van der Waals surface area contributed by atoms with Gasteiger partial charge in [0, 0.05) is 55.6 Å². The molecule has 4 heterocycles. The third kappa shape index (κ3) is 5.27. The highest BCUT2D eigenvalue weighted by atomic mass is 19.3. The maximum atomic E-state index is 13.5. The Hall–Kier alpha value is -4.14. The molecule has 5 rings (SSSR count). The first-order valence-corrected chi connectivity index (χ1v) is 12.5. The van der Waals surface area contributed by atoms with Crippen LogP contribution in [0.5, 0.6) is 0 Å². The number of nitrogens with zero attached hydrogens (tertiary/aromatic N) is 4. The first-order chi connectivity index (χ1) is 18.0. The molecule has 1 aromatic carbocycles. The topological polar surface area (TPSA) is 80.1 Å². The Bertz CT molecular complexity index is 1500. The lowest BCUT2D eigenvalue weighted by Gasteiger charge is -2.31. The fourth-order valence-corrected chi connectivity index (χ4v) is 4.51. The number of likely N-dealkylation sites (tertiary alicyclic amines) is 1. The molecule has 4 aromatic rings. The van der Waals surface area contributed by atoms with Gasteiger partial charge in [0.2, 0.25) is 0 Å². The Morgan fingerprint density at radius 1 is 0.947 bits per heavy atom. The van der Waals surface area contributed by atoms with Crippen molar-refractivity contribution >= 4 is 28.5 Å². The standard InChI is InChI=1S/C29H29F2N5O2/c1-28(2,3)22-4-6-23(7-5-22)34-26(37)20-15-24(18-32-16-20)36-11-8-19-14-21(17-33-25(19)36)27(38)35-12-9-29(30,31)10-13-35/h4-8,11,14-18H,9-10,12-13H2,1-3H3,(H,34,37). The fourth-order valence-electron chi connectivity index (χ4n) is 4.51. The Kier molecular flexibility index (Phi) is 6.46. The van der Waals surface area contributed by atoms with Gasteiger partial charge in [-0.1, -0.05) is 32.9 Å². The second-order valence-corrected chi connectivity index (χ2v) is 10.7. The van der Waals surface area contributed by atoms with E-state index in [1.54, 1.807) is 29.1 Å². The van der Waals surface area contributed by atoms with Gasteiger partial charge in [0.25, 0.3) is 17.7 Å². The van der Waals surface area contributed by atoms with Crippen molar-refractivity contribution in [3.05, 3.63) is 83.9 Å². The molecule has 1 aliphatic rings. The van der Waals surface area contributed by atoms with Crippen molar-refractivity contribution in [2.24, 2.45) is 0 Å². The summed E-state index contributed by atoms with van der Waals surface area (Å²) in [5.41, 5.74) is 3.85. The van der Waals surface area contributed by atoms with Gasteiger partial charge in [-0.25, -0.2) is 13.8 Å². The lowest BCUT2D eigenvalue weighted by molar-refractivity contribution is -0.0494. The number of hydrogen-bond donors (Lipinski definition) is 1. The van der Waals surface area contributed by atoms with E-state index in [9.17, 15) is 18.4 Å². The van der Waals surface area contributed by atoms with Crippen LogP contribution in [-0.2, 0) is 5.41 Å². The summed E-state index contributed by atoms with van der Waals surface area (Å²) in [6.07, 6.45) is 5.72. The number of fused-ring (bicyclic) bond motifs is 1. The smallest absolute Gasteiger partial charge is 0.257 e. The fraction of sp³-hybridized carbons (Fsp3) is 0.310. The summed E-state index contributed by atoms with van der Waals surface area (Å²) in [7, 11) is 0. The molecule has 1 N–H and O–H groups in total. The van der Waals surface area contributed by atoms with Crippen LogP contribution in [0.3, 0.4) is 0 Å². The van der Waals surface area contributed by atoms with Crippen molar-refractivity contribution in [3.63, 3.8) is 0 Å². The quantitative estimate of drug-likeness (QED) is 0.369. The summed E-state index contributed by atoms with van der Waals surface area (Å²) in [5, 5.41) is 3.62. The van der Waals surface area contributed by atoms with Gasteiger partial charge >= 0.3 is 0 Å². The predicted molar refractivity (Wildman–Crippen MR) is 142 cm³/mol. The summed E-state index contributed by atoms with van der Waals surface area (Å²) >= 11 is 0. The molecule has 7 nitrogen and oxygen atoms in total. The molecule has 196 valence electrons. The molecule has 0 aliphatic carbocycles. The van der Waals surface area contributed by atoms with Crippen molar-refractivity contribution in [2.75, 3.05) is 18.4 Å². The van der Waals surface area contributed by atoms with Crippen molar-refractivity contribution < 1.29 is 18.4 Å². The molecule has 1 saturated heterocycles. The second kappa shape index (κ2) is 9.63. The molecule has 0 radical (unpaired) electrons. The molecule has 38 heavy (non-hydrogen) atoms. The van der Waals surface area contributed by atoms with Crippen LogP contribution in [0, 0.1) is 0 Å². The lowest BCUT2D eigenvalue weighted by atomic mass is 9.87. The van der Waals surface area contributed by atoms with E-state index in [1.807, 2.05) is 30.3 Å². The summed E-state index contributed by atoms with van der Waals surface area (Å²) in [6.45, 7) is 6.44. The number of carbonyl (C=O) groups excluding carboxylic acids is 2. The van der Waals surface area contributed by atoms with Crippen LogP contribution in [0.1, 0.15) is 59.9 Å². The van der Waals surface area contributed by atoms with E-state index in [2.05, 4.69) is 36.1 Å². The van der Waals surface area contributed by atoms with E-state index in [4.69, 9.17) is 0 Å². The lowest BCUT2D eigenvalue weighted by Crippen LogP contribution is -2.42. The third-order valence-electron chi connectivity index (χ3n) is 6.83. The first kappa shape index (κ1) is 25.5. The van der Waals surface area contributed by atoms with Gasteiger partial charge in [-0.15, -0.1) is 0 Å². The highest BCUT2D eigenvalue weighted by Gasteiger charge is 2.35. The molecule has 9 heteroatoms. The zero-order chi connectivity index (χ0) is 27.1. The van der Waals surface area contributed by atoms with Gasteiger partial charge in [-0.05, 0) is 41.3 Å². The minimum atomic E-state index is -2.72. The van der Waals surface area contributed by atoms with E-state index in [0.717, 1.165) is 0 Å². The van der Waals surface area contributed by atoms with Gasteiger partial charge in [-0.3, -0.25) is 19.1 Å². The summed E-state index contributed by atoms with van der Waals surface area (Å²) < 4.78 is 28.7. The number of aromatic nitrogens is 3. The number of benzene rings is 1. The highest BCUT2D eigenvalue weighted by molar-refractivity contribution is 6.04. The molecule has 2 amide bonds. The molecule has 0 atom stereocenters. The Labute approximate surface area is 219 Å². The number of alkyl halides is 2. The SMILES string of the molecule is CC(C)(C)c1ccc(NC(=O)c2cncc(-n3ccc4cc(C(=O)N5CCC(F)(F)CC5)cnc43)c2)cc1. The average Bonchev–Trinajstić information content (AvgIpc) is 3.31. The molecule has 1 aliphatic heterocycles. The highest BCUT2D eigenvalue weighted by Crippen LogP contribution is 2.29. The zero-order valence-corrected chi connectivity index (χ0v) is 21.5. The van der Waals surface area contributed by atoms with E-state index >= 15 is 0 Å². The van der Waals surface area contributed by atoms with Crippen molar-refractivity contribution in [1.82, 2.24) is 19.4 Å². The molecule has 3 aromatic heterocycles. The molecule has 0 saturated carbocycles.